The molecule has 4 nitrogen and oxygen atoms in total. The smallest absolute Gasteiger partial charge is 0.248 e. The highest BCUT2D eigenvalue weighted by Crippen LogP contribution is 2.38. The van der Waals surface area contributed by atoms with Crippen molar-refractivity contribution in [3.8, 4) is 16.9 Å². The Kier molecular flexibility index (Phi) is 4.81. The summed E-state index contributed by atoms with van der Waals surface area (Å²) >= 11 is 0. The molecule has 2 aliphatic rings. The van der Waals surface area contributed by atoms with Crippen molar-refractivity contribution < 1.29 is 21.9 Å². The minimum atomic E-state index is -3.31. The van der Waals surface area contributed by atoms with Crippen LogP contribution in [0, 0.1) is 6.92 Å². The monoisotopic (exact) mass is 407 g/mol. The van der Waals surface area contributed by atoms with Crippen LogP contribution in [0.15, 0.2) is 36.4 Å². The van der Waals surface area contributed by atoms with Crippen LogP contribution in [0.1, 0.15) is 36.8 Å². The average molecular weight is 407 g/mol. The van der Waals surface area contributed by atoms with Crippen LogP contribution in [0.25, 0.3) is 11.1 Å². The van der Waals surface area contributed by atoms with Crippen molar-refractivity contribution in [2.75, 3.05) is 10.5 Å². The van der Waals surface area contributed by atoms with E-state index in [1.807, 2.05) is 43.3 Å². The largest absolute Gasteiger partial charge is 0.490 e. The zero-order chi connectivity index (χ0) is 19.9. The number of aryl methyl sites for hydroxylation is 2. The predicted octanol–water partition coefficient (Wildman–Crippen LogP) is 4.92. The molecule has 0 saturated heterocycles. The van der Waals surface area contributed by atoms with Crippen molar-refractivity contribution in [1.29, 1.82) is 0 Å². The molecule has 150 valence electrons. The van der Waals surface area contributed by atoms with Crippen molar-refractivity contribution in [1.82, 2.24) is 0 Å². The number of sulfonamides is 1. The second kappa shape index (κ2) is 7.03. The summed E-state index contributed by atoms with van der Waals surface area (Å²) in [6, 6.07) is 11.4. The van der Waals surface area contributed by atoms with Gasteiger partial charge in [-0.2, -0.15) is 0 Å². The van der Waals surface area contributed by atoms with E-state index in [1.165, 1.54) is 0 Å². The number of halogens is 2. The molecule has 2 aromatic carbocycles. The van der Waals surface area contributed by atoms with Gasteiger partial charge in [0.25, 0.3) is 0 Å². The summed E-state index contributed by atoms with van der Waals surface area (Å²) in [6.07, 6.45) is 0.733. The fourth-order valence-electron chi connectivity index (χ4n) is 3.89. The van der Waals surface area contributed by atoms with Crippen LogP contribution in [0.2, 0.25) is 0 Å². The van der Waals surface area contributed by atoms with E-state index >= 15 is 0 Å². The van der Waals surface area contributed by atoms with Gasteiger partial charge in [-0.15, -0.1) is 0 Å². The fourth-order valence-corrected chi connectivity index (χ4v) is 5.04. The average Bonchev–Trinajstić information content (AvgIpc) is 2.64. The van der Waals surface area contributed by atoms with E-state index in [0.29, 0.717) is 30.7 Å². The molecule has 0 radical (unpaired) electrons. The minimum Gasteiger partial charge on any atom is -0.490 e. The SMILES string of the molecule is Cc1cc2c(c(-c3ccc(OC4CCC(F)(F)CC4)cc3)c1)NS(=O)(=O)CC2. The maximum Gasteiger partial charge on any atom is 0.248 e. The van der Waals surface area contributed by atoms with Crippen LogP contribution in [0.5, 0.6) is 5.75 Å². The summed E-state index contributed by atoms with van der Waals surface area (Å²) in [5.74, 6) is -1.83. The van der Waals surface area contributed by atoms with Crippen molar-refractivity contribution in [2.45, 2.75) is 51.1 Å². The molecule has 0 spiro atoms. The zero-order valence-corrected chi connectivity index (χ0v) is 16.5. The van der Waals surface area contributed by atoms with Crippen molar-refractivity contribution in [3.63, 3.8) is 0 Å². The van der Waals surface area contributed by atoms with E-state index in [9.17, 15) is 17.2 Å². The van der Waals surface area contributed by atoms with E-state index in [0.717, 1.165) is 22.3 Å². The van der Waals surface area contributed by atoms with Gasteiger partial charge >= 0.3 is 0 Å². The molecule has 1 fully saturated rings. The first-order valence-electron chi connectivity index (χ1n) is 9.50. The van der Waals surface area contributed by atoms with Gasteiger partial charge in [-0.05, 0) is 55.5 Å². The van der Waals surface area contributed by atoms with Crippen LogP contribution >= 0.6 is 0 Å². The van der Waals surface area contributed by atoms with Gasteiger partial charge in [-0.1, -0.05) is 23.8 Å². The normalized spacial score (nSPS) is 20.8. The first-order valence-corrected chi connectivity index (χ1v) is 11.1. The third-order valence-electron chi connectivity index (χ3n) is 5.39. The molecule has 0 unspecified atom stereocenters. The number of ether oxygens (including phenoxy) is 1. The highest BCUT2D eigenvalue weighted by atomic mass is 32.2. The molecular weight excluding hydrogens is 384 g/mol. The van der Waals surface area contributed by atoms with E-state index in [4.69, 9.17) is 4.74 Å². The first kappa shape index (κ1) is 19.2. The maximum atomic E-state index is 13.3. The molecule has 1 saturated carbocycles. The number of hydrogen-bond acceptors (Lipinski definition) is 3. The molecule has 0 aromatic heterocycles. The third kappa shape index (κ3) is 4.14. The van der Waals surface area contributed by atoms with E-state index < -0.39 is 15.9 Å². The minimum absolute atomic E-state index is 0.0934. The van der Waals surface area contributed by atoms with Crippen molar-refractivity contribution >= 4 is 15.7 Å². The molecule has 1 aliphatic carbocycles. The first-order chi connectivity index (χ1) is 13.2. The van der Waals surface area contributed by atoms with Gasteiger partial charge in [0.2, 0.25) is 15.9 Å². The summed E-state index contributed by atoms with van der Waals surface area (Å²) in [6.45, 7) is 1.99. The molecule has 28 heavy (non-hydrogen) atoms. The summed E-state index contributed by atoms with van der Waals surface area (Å²) in [7, 11) is -3.31. The molecular formula is C21H23F2NO3S. The molecule has 0 atom stereocenters. The number of rotatable bonds is 3. The molecule has 0 bridgehead atoms. The highest BCUT2D eigenvalue weighted by Gasteiger charge is 2.35. The standard InChI is InChI=1S/C21H23F2NO3S/c1-14-12-16-8-11-28(25,26)24-20(16)19(13-14)15-2-4-17(5-3-15)27-18-6-9-21(22,23)10-7-18/h2-5,12-13,18,24H,6-11H2,1H3. The lowest BCUT2D eigenvalue weighted by Gasteiger charge is -2.28. The van der Waals surface area contributed by atoms with Gasteiger partial charge in [0.05, 0.1) is 17.5 Å². The molecule has 2 aromatic rings. The topological polar surface area (TPSA) is 55.4 Å². The van der Waals surface area contributed by atoms with E-state index in [-0.39, 0.29) is 24.7 Å². The molecule has 4 rings (SSSR count). The lowest BCUT2D eigenvalue weighted by atomic mass is 9.94. The number of benzene rings is 2. The number of hydrogen-bond donors (Lipinski definition) is 1. The molecule has 1 heterocycles. The Bertz CT molecular complexity index is 977. The maximum absolute atomic E-state index is 13.3. The molecule has 0 amide bonds. The number of anilines is 1. The Hall–Kier alpha value is -2.15. The summed E-state index contributed by atoms with van der Waals surface area (Å²) < 4.78 is 59.1. The van der Waals surface area contributed by atoms with Crippen LogP contribution in [-0.4, -0.2) is 26.2 Å². The molecule has 1 aliphatic heterocycles. The van der Waals surface area contributed by atoms with Crippen LogP contribution in [-0.2, 0) is 16.4 Å². The van der Waals surface area contributed by atoms with E-state index in [2.05, 4.69) is 4.72 Å². The second-order valence-electron chi connectivity index (χ2n) is 7.72. The Balaban J connectivity index is 1.56. The van der Waals surface area contributed by atoms with Gasteiger partial charge in [0.15, 0.2) is 0 Å². The summed E-state index contributed by atoms with van der Waals surface area (Å²) in [5, 5.41) is 0. The van der Waals surface area contributed by atoms with E-state index in [1.54, 1.807) is 0 Å². The Morgan fingerprint density at radius 2 is 1.79 bits per heavy atom. The van der Waals surface area contributed by atoms with Crippen LogP contribution in [0.4, 0.5) is 14.5 Å². The Morgan fingerprint density at radius 3 is 2.46 bits per heavy atom. The fraction of sp³-hybridized carbons (Fsp3) is 0.429. The van der Waals surface area contributed by atoms with Gasteiger partial charge in [0, 0.05) is 18.4 Å². The van der Waals surface area contributed by atoms with Gasteiger partial charge in [-0.3, -0.25) is 4.72 Å². The third-order valence-corrected chi connectivity index (χ3v) is 6.65. The number of alkyl halides is 2. The molecule has 7 heteroatoms. The predicted molar refractivity (Wildman–Crippen MR) is 106 cm³/mol. The van der Waals surface area contributed by atoms with Crippen molar-refractivity contribution in [2.24, 2.45) is 0 Å². The number of nitrogens with one attached hydrogen (secondary N) is 1. The Morgan fingerprint density at radius 1 is 1.11 bits per heavy atom. The van der Waals surface area contributed by atoms with Crippen molar-refractivity contribution in [3.05, 3.63) is 47.5 Å². The van der Waals surface area contributed by atoms with Crippen LogP contribution in [0.3, 0.4) is 0 Å². The summed E-state index contributed by atoms with van der Waals surface area (Å²) in [5.41, 5.74) is 4.42. The Labute approximate surface area is 164 Å². The van der Waals surface area contributed by atoms with Crippen LogP contribution < -0.4 is 9.46 Å². The highest BCUT2D eigenvalue weighted by molar-refractivity contribution is 7.92. The molecule has 1 N–H and O–H groups in total. The van der Waals surface area contributed by atoms with Gasteiger partial charge in [-0.25, -0.2) is 17.2 Å². The lowest BCUT2D eigenvalue weighted by Crippen LogP contribution is -2.30. The lowest BCUT2D eigenvalue weighted by molar-refractivity contribution is -0.0582. The summed E-state index contributed by atoms with van der Waals surface area (Å²) in [4.78, 5) is 0. The second-order valence-corrected chi connectivity index (χ2v) is 9.56. The van der Waals surface area contributed by atoms with Gasteiger partial charge < -0.3 is 4.74 Å². The number of fused-ring (bicyclic) bond motifs is 1. The quantitative estimate of drug-likeness (QED) is 0.786. The zero-order valence-electron chi connectivity index (χ0n) is 15.7. The van der Waals surface area contributed by atoms with Gasteiger partial charge in [0.1, 0.15) is 5.75 Å².